The van der Waals surface area contributed by atoms with Crippen molar-refractivity contribution in [1.82, 2.24) is 14.7 Å². The molecule has 1 aromatic carbocycles. The number of imidazole rings is 1. The molecule has 0 bridgehead atoms. The van der Waals surface area contributed by atoms with Gasteiger partial charge in [-0.2, -0.15) is 5.26 Å². The van der Waals surface area contributed by atoms with Crippen molar-refractivity contribution in [3.05, 3.63) is 47.1 Å². The standard InChI is InChI=1S/C15H13ClN4O/c1-9-5-12(19-21-9)8-20-14-6-11(7-17)3-4-13(14)18-15(20)10(2)16/h3-6,10H,8H2,1-2H3. The Kier molecular flexibility index (Phi) is 3.40. The van der Waals surface area contributed by atoms with Crippen LogP contribution in [0.5, 0.6) is 0 Å². The lowest BCUT2D eigenvalue weighted by molar-refractivity contribution is 0.389. The minimum Gasteiger partial charge on any atom is -0.361 e. The zero-order valence-corrected chi connectivity index (χ0v) is 12.4. The van der Waals surface area contributed by atoms with Crippen LogP contribution in [0.4, 0.5) is 0 Å². The number of aromatic nitrogens is 3. The quantitative estimate of drug-likeness (QED) is 0.694. The molecule has 0 aliphatic heterocycles. The first-order valence-corrected chi connectivity index (χ1v) is 6.98. The third kappa shape index (κ3) is 2.50. The third-order valence-electron chi connectivity index (χ3n) is 3.26. The highest BCUT2D eigenvalue weighted by Gasteiger charge is 2.16. The summed E-state index contributed by atoms with van der Waals surface area (Å²) in [6.45, 7) is 4.23. The van der Waals surface area contributed by atoms with Crippen LogP contribution in [-0.2, 0) is 6.54 Å². The zero-order valence-electron chi connectivity index (χ0n) is 11.7. The Labute approximate surface area is 126 Å². The van der Waals surface area contributed by atoms with Crippen molar-refractivity contribution >= 4 is 22.6 Å². The molecular weight excluding hydrogens is 288 g/mol. The molecule has 0 fully saturated rings. The van der Waals surface area contributed by atoms with E-state index >= 15 is 0 Å². The fourth-order valence-corrected chi connectivity index (χ4v) is 2.50. The largest absolute Gasteiger partial charge is 0.361 e. The first-order chi connectivity index (χ1) is 10.1. The molecule has 2 heterocycles. The summed E-state index contributed by atoms with van der Waals surface area (Å²) >= 11 is 6.23. The Morgan fingerprint density at radius 2 is 2.24 bits per heavy atom. The third-order valence-corrected chi connectivity index (χ3v) is 3.45. The van der Waals surface area contributed by atoms with E-state index in [1.807, 2.05) is 36.6 Å². The highest BCUT2D eigenvalue weighted by molar-refractivity contribution is 6.20. The summed E-state index contributed by atoms with van der Waals surface area (Å²) in [6, 6.07) is 9.43. The number of nitrogens with zero attached hydrogens (tertiary/aromatic N) is 4. The molecule has 0 N–H and O–H groups in total. The number of benzene rings is 1. The number of alkyl halides is 1. The summed E-state index contributed by atoms with van der Waals surface area (Å²) in [5.41, 5.74) is 3.08. The van der Waals surface area contributed by atoms with Gasteiger partial charge in [-0.25, -0.2) is 4.98 Å². The number of nitriles is 1. The average molecular weight is 301 g/mol. The van der Waals surface area contributed by atoms with Crippen LogP contribution in [0.3, 0.4) is 0 Å². The lowest BCUT2D eigenvalue weighted by Crippen LogP contribution is -2.06. The summed E-state index contributed by atoms with van der Waals surface area (Å²) in [4.78, 5) is 4.55. The second-order valence-corrected chi connectivity index (χ2v) is 5.57. The smallest absolute Gasteiger partial charge is 0.133 e. The van der Waals surface area contributed by atoms with Gasteiger partial charge < -0.3 is 9.09 Å². The van der Waals surface area contributed by atoms with Crippen molar-refractivity contribution in [1.29, 1.82) is 5.26 Å². The van der Waals surface area contributed by atoms with Crippen LogP contribution < -0.4 is 0 Å². The van der Waals surface area contributed by atoms with Crippen molar-refractivity contribution in [3.63, 3.8) is 0 Å². The number of fused-ring (bicyclic) bond motifs is 1. The van der Waals surface area contributed by atoms with Crippen molar-refractivity contribution < 1.29 is 4.52 Å². The maximum atomic E-state index is 9.06. The summed E-state index contributed by atoms with van der Waals surface area (Å²) in [5.74, 6) is 1.51. The predicted octanol–water partition coefficient (Wildman–Crippen LogP) is 3.55. The molecule has 3 aromatic rings. The van der Waals surface area contributed by atoms with Crippen LogP contribution in [0.25, 0.3) is 11.0 Å². The summed E-state index contributed by atoms with van der Waals surface area (Å²) in [5, 5.41) is 12.8. The van der Waals surface area contributed by atoms with Crippen molar-refractivity contribution in [3.8, 4) is 6.07 Å². The van der Waals surface area contributed by atoms with Gasteiger partial charge in [-0.05, 0) is 32.0 Å². The van der Waals surface area contributed by atoms with Crippen LogP contribution in [0.15, 0.2) is 28.8 Å². The van der Waals surface area contributed by atoms with Crippen LogP contribution in [0, 0.1) is 18.3 Å². The van der Waals surface area contributed by atoms with E-state index in [2.05, 4.69) is 16.2 Å². The van der Waals surface area contributed by atoms with Crippen LogP contribution in [0.1, 0.15) is 35.1 Å². The minimum atomic E-state index is -0.240. The van der Waals surface area contributed by atoms with Crippen LogP contribution >= 0.6 is 11.6 Å². The fraction of sp³-hybridized carbons (Fsp3) is 0.267. The minimum absolute atomic E-state index is 0.240. The number of hydrogen-bond acceptors (Lipinski definition) is 4. The molecule has 0 aliphatic carbocycles. The van der Waals surface area contributed by atoms with Gasteiger partial charge in [0, 0.05) is 6.07 Å². The van der Waals surface area contributed by atoms with E-state index in [-0.39, 0.29) is 5.38 Å². The number of hydrogen-bond donors (Lipinski definition) is 0. The Morgan fingerprint density at radius 3 is 2.86 bits per heavy atom. The van der Waals surface area contributed by atoms with Gasteiger partial charge in [0.05, 0.1) is 34.6 Å². The second kappa shape index (κ2) is 5.23. The van der Waals surface area contributed by atoms with Gasteiger partial charge >= 0.3 is 0 Å². The van der Waals surface area contributed by atoms with Crippen LogP contribution in [0.2, 0.25) is 0 Å². The molecule has 0 radical (unpaired) electrons. The predicted molar refractivity (Wildman–Crippen MR) is 79.1 cm³/mol. The maximum absolute atomic E-state index is 9.06. The molecule has 3 rings (SSSR count). The Morgan fingerprint density at radius 1 is 1.43 bits per heavy atom. The molecule has 0 amide bonds. The van der Waals surface area contributed by atoms with Gasteiger partial charge in [0.15, 0.2) is 0 Å². The van der Waals surface area contributed by atoms with Gasteiger partial charge in [0.1, 0.15) is 17.3 Å². The number of halogens is 1. The molecule has 0 saturated heterocycles. The Hall–Kier alpha value is -2.32. The molecular formula is C15H13ClN4O. The number of rotatable bonds is 3. The molecule has 0 spiro atoms. The fourth-order valence-electron chi connectivity index (χ4n) is 2.34. The first-order valence-electron chi connectivity index (χ1n) is 6.55. The normalized spacial score (nSPS) is 12.5. The van der Waals surface area contributed by atoms with E-state index in [1.165, 1.54) is 0 Å². The molecule has 5 nitrogen and oxygen atoms in total. The topological polar surface area (TPSA) is 67.6 Å². The Balaban J connectivity index is 2.17. The monoisotopic (exact) mass is 300 g/mol. The second-order valence-electron chi connectivity index (χ2n) is 4.92. The Bertz CT molecular complexity index is 841. The van der Waals surface area contributed by atoms with Gasteiger partial charge in [-0.1, -0.05) is 5.16 Å². The van der Waals surface area contributed by atoms with E-state index in [0.29, 0.717) is 12.1 Å². The molecule has 106 valence electrons. The van der Waals surface area contributed by atoms with Gasteiger partial charge in [0.2, 0.25) is 0 Å². The average Bonchev–Trinajstić information content (AvgIpc) is 3.03. The molecule has 0 saturated carbocycles. The highest BCUT2D eigenvalue weighted by Crippen LogP contribution is 2.26. The molecule has 1 unspecified atom stereocenters. The summed E-state index contributed by atoms with van der Waals surface area (Å²) < 4.78 is 7.08. The molecule has 0 aliphatic rings. The van der Waals surface area contributed by atoms with Gasteiger partial charge in [-0.15, -0.1) is 11.6 Å². The molecule has 21 heavy (non-hydrogen) atoms. The zero-order chi connectivity index (χ0) is 15.0. The van der Waals surface area contributed by atoms with Gasteiger partial charge in [-0.3, -0.25) is 0 Å². The van der Waals surface area contributed by atoms with E-state index in [1.54, 1.807) is 6.07 Å². The number of aryl methyl sites for hydroxylation is 1. The highest BCUT2D eigenvalue weighted by atomic mass is 35.5. The van der Waals surface area contributed by atoms with E-state index in [4.69, 9.17) is 21.4 Å². The lowest BCUT2D eigenvalue weighted by Gasteiger charge is -2.08. The molecule has 2 aromatic heterocycles. The van der Waals surface area contributed by atoms with E-state index in [0.717, 1.165) is 28.3 Å². The summed E-state index contributed by atoms with van der Waals surface area (Å²) in [7, 11) is 0. The van der Waals surface area contributed by atoms with Gasteiger partial charge in [0.25, 0.3) is 0 Å². The summed E-state index contributed by atoms with van der Waals surface area (Å²) in [6.07, 6.45) is 0. The lowest BCUT2D eigenvalue weighted by atomic mass is 10.2. The molecule has 6 heteroatoms. The van der Waals surface area contributed by atoms with Crippen molar-refractivity contribution in [2.24, 2.45) is 0 Å². The maximum Gasteiger partial charge on any atom is 0.133 e. The van der Waals surface area contributed by atoms with Crippen molar-refractivity contribution in [2.75, 3.05) is 0 Å². The SMILES string of the molecule is Cc1cc(Cn2c(C(C)Cl)nc3ccc(C#N)cc32)no1. The van der Waals surface area contributed by atoms with Crippen molar-refractivity contribution in [2.45, 2.75) is 25.8 Å². The van der Waals surface area contributed by atoms with E-state index in [9.17, 15) is 0 Å². The van der Waals surface area contributed by atoms with Crippen LogP contribution in [-0.4, -0.2) is 14.7 Å². The molecule has 1 atom stereocenters. The van der Waals surface area contributed by atoms with E-state index < -0.39 is 0 Å². The first kappa shape index (κ1) is 13.7.